The molecule has 2 aromatic rings. The minimum atomic E-state index is -6.00. The van der Waals surface area contributed by atoms with Gasteiger partial charge in [0.2, 0.25) is 5.41 Å². The van der Waals surface area contributed by atoms with E-state index in [9.17, 15) is 35.9 Å². The molecule has 0 radical (unpaired) electrons. The number of unbranched alkanes of at least 4 members (excludes halogenated alkanes) is 6. The van der Waals surface area contributed by atoms with Crippen molar-refractivity contribution in [2.24, 2.45) is 0 Å². The maximum Gasteiger partial charge on any atom is 0.411 e. The molecule has 0 saturated heterocycles. The molecule has 39 heavy (non-hydrogen) atoms. The number of carbonyl (C=O) groups excluding carboxylic acids is 2. The first-order valence-corrected chi connectivity index (χ1v) is 13.1. The number of halogens is 6. The van der Waals surface area contributed by atoms with Gasteiger partial charge in [-0.05, 0) is 36.1 Å². The predicted octanol–water partition coefficient (Wildman–Crippen LogP) is 8.57. The van der Waals surface area contributed by atoms with Crippen molar-refractivity contribution < 1.29 is 45.4 Å². The third-order valence-electron chi connectivity index (χ3n) is 6.41. The second-order valence-corrected chi connectivity index (χ2v) is 9.23. The number of rotatable bonds is 14. The standard InChI is InChI=1S/C29H34F6O4/c1-3-5-7-13-19-38-25(36)21-15-9-11-17-23(21)27(28(30,31)32,29(33,34)35)24-18-12-10-16-22(24)26(37)39-20-14-8-6-4-2/h9-12,15-18H,3-8,13-14,19-20H2,1-2H3. The van der Waals surface area contributed by atoms with Crippen LogP contribution < -0.4 is 0 Å². The van der Waals surface area contributed by atoms with Gasteiger partial charge in [-0.2, -0.15) is 26.3 Å². The first-order valence-electron chi connectivity index (χ1n) is 13.1. The summed E-state index contributed by atoms with van der Waals surface area (Å²) >= 11 is 0. The molecule has 0 saturated carbocycles. The first-order chi connectivity index (χ1) is 18.4. The van der Waals surface area contributed by atoms with Crippen LogP contribution in [0.4, 0.5) is 26.3 Å². The van der Waals surface area contributed by atoms with Gasteiger partial charge >= 0.3 is 24.3 Å². The summed E-state index contributed by atoms with van der Waals surface area (Å²) in [5.74, 6) is -2.62. The van der Waals surface area contributed by atoms with E-state index >= 15 is 0 Å². The first kappa shape index (κ1) is 32.2. The van der Waals surface area contributed by atoms with E-state index in [4.69, 9.17) is 9.47 Å². The van der Waals surface area contributed by atoms with Gasteiger partial charge in [-0.3, -0.25) is 0 Å². The summed E-state index contributed by atoms with van der Waals surface area (Å²) < 4.78 is 99.5. The second kappa shape index (κ2) is 14.4. The summed E-state index contributed by atoms with van der Waals surface area (Å²) in [6.45, 7) is 3.60. The highest BCUT2D eigenvalue weighted by atomic mass is 19.4. The van der Waals surface area contributed by atoms with Crippen molar-refractivity contribution in [3.05, 3.63) is 70.8 Å². The van der Waals surface area contributed by atoms with Crippen LogP contribution in [0.25, 0.3) is 0 Å². The van der Waals surface area contributed by atoms with E-state index in [0.29, 0.717) is 37.8 Å². The minimum absolute atomic E-state index is 0.154. The summed E-state index contributed by atoms with van der Waals surface area (Å²) in [4.78, 5) is 25.7. The molecule has 0 unspecified atom stereocenters. The Labute approximate surface area is 224 Å². The number of alkyl halides is 6. The lowest BCUT2D eigenvalue weighted by molar-refractivity contribution is -0.288. The Morgan fingerprint density at radius 1 is 0.590 bits per heavy atom. The van der Waals surface area contributed by atoms with Gasteiger partial charge in [0.1, 0.15) is 0 Å². The molecule has 2 rings (SSSR count). The van der Waals surface area contributed by atoms with Crippen molar-refractivity contribution in [3.63, 3.8) is 0 Å². The molecule has 2 aromatic carbocycles. The van der Waals surface area contributed by atoms with E-state index in [2.05, 4.69) is 0 Å². The molecular formula is C29H34F6O4. The van der Waals surface area contributed by atoms with Gasteiger partial charge in [0.15, 0.2) is 0 Å². The SMILES string of the molecule is CCCCCCOC(=O)c1ccccc1C(c1ccccc1C(=O)OCCCCCC)(C(F)(F)F)C(F)(F)F. The van der Waals surface area contributed by atoms with Crippen LogP contribution in [-0.4, -0.2) is 37.5 Å². The number of ether oxygens (including phenoxy) is 2. The van der Waals surface area contributed by atoms with E-state index in [-0.39, 0.29) is 13.2 Å². The quantitative estimate of drug-likeness (QED) is 0.132. The van der Waals surface area contributed by atoms with Crippen molar-refractivity contribution >= 4 is 11.9 Å². The molecule has 216 valence electrons. The number of hydrogen-bond donors (Lipinski definition) is 0. The Balaban J connectivity index is 2.66. The smallest absolute Gasteiger partial charge is 0.411 e. The zero-order valence-corrected chi connectivity index (χ0v) is 22.1. The van der Waals surface area contributed by atoms with Crippen LogP contribution in [0, 0.1) is 0 Å². The van der Waals surface area contributed by atoms with E-state index in [1.807, 2.05) is 13.8 Å². The summed E-state index contributed by atoms with van der Waals surface area (Å²) in [6, 6.07) is 7.21. The molecule has 0 aliphatic carbocycles. The molecule has 0 spiro atoms. The number of benzene rings is 2. The van der Waals surface area contributed by atoms with Crippen molar-refractivity contribution in [2.75, 3.05) is 13.2 Å². The van der Waals surface area contributed by atoms with Gasteiger partial charge in [-0.15, -0.1) is 0 Å². The van der Waals surface area contributed by atoms with Gasteiger partial charge in [0.25, 0.3) is 0 Å². The maximum absolute atomic E-state index is 14.9. The van der Waals surface area contributed by atoms with Crippen LogP contribution in [0.15, 0.2) is 48.5 Å². The van der Waals surface area contributed by atoms with Gasteiger partial charge in [-0.1, -0.05) is 88.8 Å². The van der Waals surface area contributed by atoms with Gasteiger partial charge in [0, 0.05) is 0 Å². The average molecular weight is 561 g/mol. The number of hydrogen-bond acceptors (Lipinski definition) is 4. The molecule has 0 N–H and O–H groups in total. The molecule has 0 fully saturated rings. The minimum Gasteiger partial charge on any atom is -0.462 e. The van der Waals surface area contributed by atoms with Crippen LogP contribution in [0.2, 0.25) is 0 Å². The fourth-order valence-electron chi connectivity index (χ4n) is 4.44. The van der Waals surface area contributed by atoms with E-state index in [1.165, 1.54) is 0 Å². The molecule has 0 amide bonds. The molecule has 0 bridgehead atoms. The summed E-state index contributed by atoms with van der Waals surface area (Å²) in [5, 5.41) is 0. The third kappa shape index (κ3) is 7.54. The fraction of sp³-hybridized carbons (Fsp3) is 0.517. The van der Waals surface area contributed by atoms with Crippen molar-refractivity contribution in [1.82, 2.24) is 0 Å². The average Bonchev–Trinajstić information content (AvgIpc) is 2.87. The second-order valence-electron chi connectivity index (χ2n) is 9.23. The van der Waals surface area contributed by atoms with Crippen LogP contribution >= 0.6 is 0 Å². The van der Waals surface area contributed by atoms with Crippen LogP contribution in [-0.2, 0) is 14.9 Å². The number of esters is 2. The zero-order valence-electron chi connectivity index (χ0n) is 22.1. The zero-order chi connectivity index (χ0) is 29.1. The highest BCUT2D eigenvalue weighted by Crippen LogP contribution is 2.57. The van der Waals surface area contributed by atoms with Gasteiger partial charge in [0.05, 0.1) is 24.3 Å². The number of carbonyl (C=O) groups is 2. The normalized spacial score (nSPS) is 12.3. The monoisotopic (exact) mass is 560 g/mol. The lowest BCUT2D eigenvalue weighted by atomic mass is 9.69. The summed E-state index contributed by atoms with van der Waals surface area (Å²) in [7, 11) is 0. The Bertz CT molecular complexity index is 992. The highest BCUT2D eigenvalue weighted by molar-refractivity contribution is 5.94. The van der Waals surface area contributed by atoms with Crippen LogP contribution in [0.1, 0.15) is 97.1 Å². The maximum atomic E-state index is 14.9. The molecule has 4 nitrogen and oxygen atoms in total. The summed E-state index contributed by atoms with van der Waals surface area (Å²) in [6.07, 6.45) is -6.34. The molecule has 0 heterocycles. The predicted molar refractivity (Wildman–Crippen MR) is 135 cm³/mol. The Hall–Kier alpha value is -3.04. The molecular weight excluding hydrogens is 526 g/mol. The lowest BCUT2D eigenvalue weighted by Crippen LogP contribution is -2.56. The van der Waals surface area contributed by atoms with Crippen molar-refractivity contribution in [3.8, 4) is 0 Å². The van der Waals surface area contributed by atoms with Gasteiger partial charge in [-0.25, -0.2) is 9.59 Å². The molecule has 0 aromatic heterocycles. The van der Waals surface area contributed by atoms with Crippen molar-refractivity contribution in [1.29, 1.82) is 0 Å². The van der Waals surface area contributed by atoms with Crippen molar-refractivity contribution in [2.45, 2.75) is 83.0 Å². The Morgan fingerprint density at radius 2 is 0.949 bits per heavy atom. The van der Waals surface area contributed by atoms with Crippen LogP contribution in [0.5, 0.6) is 0 Å². The highest BCUT2D eigenvalue weighted by Gasteiger charge is 2.74. The molecule has 10 heteroatoms. The fourth-order valence-corrected chi connectivity index (χ4v) is 4.44. The molecule has 0 aliphatic heterocycles. The topological polar surface area (TPSA) is 52.6 Å². The van der Waals surface area contributed by atoms with Gasteiger partial charge < -0.3 is 9.47 Å². The third-order valence-corrected chi connectivity index (χ3v) is 6.41. The molecule has 0 aliphatic rings. The van der Waals surface area contributed by atoms with Crippen LogP contribution in [0.3, 0.4) is 0 Å². The van der Waals surface area contributed by atoms with E-state index in [0.717, 1.165) is 62.1 Å². The van der Waals surface area contributed by atoms with E-state index in [1.54, 1.807) is 0 Å². The Morgan fingerprint density at radius 3 is 1.28 bits per heavy atom. The lowest BCUT2D eigenvalue weighted by Gasteiger charge is -2.39. The largest absolute Gasteiger partial charge is 0.462 e. The van der Waals surface area contributed by atoms with E-state index < -0.39 is 52.0 Å². The Kier molecular flexibility index (Phi) is 11.9. The summed E-state index contributed by atoms with van der Waals surface area (Å²) in [5.41, 5.74) is -9.22. The molecule has 0 atom stereocenters.